The second-order valence-electron chi connectivity index (χ2n) is 3.64. The fourth-order valence-corrected chi connectivity index (χ4v) is 1.50. The first-order chi connectivity index (χ1) is 8.74. The summed E-state index contributed by atoms with van der Waals surface area (Å²) in [5.41, 5.74) is 5.66. The normalized spacial score (nSPS) is 10.3. The molecule has 0 aliphatic heterocycles. The summed E-state index contributed by atoms with van der Waals surface area (Å²) in [5.74, 6) is 1.42. The predicted molar refractivity (Wildman–Crippen MR) is 65.6 cm³/mol. The highest BCUT2D eigenvalue weighted by molar-refractivity contribution is 5.52. The maximum atomic E-state index is 5.66. The van der Waals surface area contributed by atoms with Crippen LogP contribution in [-0.2, 0) is 6.54 Å². The highest BCUT2D eigenvalue weighted by Crippen LogP contribution is 2.32. The molecule has 0 atom stereocenters. The Hall–Kier alpha value is -2.31. The second-order valence-corrected chi connectivity index (χ2v) is 3.64. The minimum atomic E-state index is 0.239. The molecule has 0 saturated heterocycles. The van der Waals surface area contributed by atoms with E-state index in [4.69, 9.17) is 15.2 Å². The van der Waals surface area contributed by atoms with Gasteiger partial charge in [-0.3, -0.25) is 4.68 Å². The number of rotatable bonds is 5. The number of hydrogen-bond donors (Lipinski definition) is 1. The molecule has 0 amide bonds. The number of aromatic nitrogens is 4. The number of nitrogen functional groups attached to an aromatic ring is 1. The number of anilines is 1. The van der Waals surface area contributed by atoms with Gasteiger partial charge in [0, 0.05) is 6.54 Å². The zero-order chi connectivity index (χ0) is 13.0. The number of nitrogens with zero attached hydrogens (tertiary/aromatic N) is 4. The van der Waals surface area contributed by atoms with Crippen molar-refractivity contribution < 1.29 is 9.47 Å². The van der Waals surface area contributed by atoms with E-state index in [0.717, 1.165) is 13.0 Å². The number of aryl methyl sites for hydroxylation is 1. The van der Waals surface area contributed by atoms with Gasteiger partial charge in [-0.05, 0) is 6.42 Å². The molecule has 0 unspecified atom stereocenters. The van der Waals surface area contributed by atoms with Crippen LogP contribution in [0.5, 0.6) is 17.4 Å². The molecule has 0 radical (unpaired) electrons. The minimum absolute atomic E-state index is 0.239. The van der Waals surface area contributed by atoms with Gasteiger partial charge in [-0.1, -0.05) is 6.92 Å². The monoisotopic (exact) mass is 249 g/mol. The van der Waals surface area contributed by atoms with Crippen molar-refractivity contribution in [2.24, 2.45) is 0 Å². The molecule has 2 N–H and O–H groups in total. The Bertz CT molecular complexity index is 526. The third-order valence-corrected chi connectivity index (χ3v) is 2.28. The molecule has 0 bridgehead atoms. The van der Waals surface area contributed by atoms with Crippen molar-refractivity contribution in [3.8, 4) is 17.4 Å². The Kier molecular flexibility index (Phi) is 3.61. The summed E-state index contributed by atoms with van der Waals surface area (Å²) in [6.07, 6.45) is 5.74. The molecular weight excluding hydrogens is 234 g/mol. The van der Waals surface area contributed by atoms with E-state index in [1.54, 1.807) is 17.1 Å². The Morgan fingerprint density at radius 3 is 2.94 bits per heavy atom. The quantitative estimate of drug-likeness (QED) is 0.863. The van der Waals surface area contributed by atoms with Crippen LogP contribution in [0.25, 0.3) is 0 Å². The smallest absolute Gasteiger partial charge is 0.268 e. The molecule has 0 spiro atoms. The molecule has 0 aromatic carbocycles. The lowest BCUT2D eigenvalue weighted by Gasteiger charge is -2.08. The first kappa shape index (κ1) is 12.2. The van der Waals surface area contributed by atoms with Gasteiger partial charge in [0.05, 0.1) is 19.5 Å². The first-order valence-electron chi connectivity index (χ1n) is 5.59. The molecule has 2 aromatic rings. The Balaban J connectivity index is 2.20. The fourth-order valence-electron chi connectivity index (χ4n) is 1.50. The summed E-state index contributed by atoms with van der Waals surface area (Å²) >= 11 is 0. The molecule has 0 saturated carbocycles. The lowest BCUT2D eigenvalue weighted by Crippen LogP contribution is -2.00. The van der Waals surface area contributed by atoms with Crippen molar-refractivity contribution in [3.63, 3.8) is 0 Å². The van der Waals surface area contributed by atoms with Gasteiger partial charge < -0.3 is 15.2 Å². The Morgan fingerprint density at radius 2 is 2.22 bits per heavy atom. The molecule has 96 valence electrons. The van der Waals surface area contributed by atoms with E-state index in [1.807, 2.05) is 0 Å². The van der Waals surface area contributed by atoms with Gasteiger partial charge in [0.25, 0.3) is 5.88 Å². The van der Waals surface area contributed by atoms with Gasteiger partial charge in [-0.25, -0.2) is 4.98 Å². The summed E-state index contributed by atoms with van der Waals surface area (Å²) in [5, 5.41) is 4.16. The minimum Gasteiger partial charge on any atom is -0.489 e. The molecule has 7 heteroatoms. The van der Waals surface area contributed by atoms with E-state index in [0.29, 0.717) is 11.5 Å². The van der Waals surface area contributed by atoms with Gasteiger partial charge in [0.2, 0.25) is 5.75 Å². The highest BCUT2D eigenvalue weighted by atomic mass is 16.5. The number of ether oxygens (including phenoxy) is 2. The van der Waals surface area contributed by atoms with Gasteiger partial charge in [0.1, 0.15) is 6.33 Å². The summed E-state index contributed by atoms with van der Waals surface area (Å²) in [6, 6.07) is 0. The Labute approximate surface area is 105 Å². The molecule has 7 nitrogen and oxygen atoms in total. The molecule has 0 fully saturated rings. The first-order valence-corrected chi connectivity index (χ1v) is 5.59. The van der Waals surface area contributed by atoms with Crippen molar-refractivity contribution in [1.29, 1.82) is 0 Å². The Morgan fingerprint density at radius 1 is 1.39 bits per heavy atom. The lowest BCUT2D eigenvalue weighted by atomic mass is 10.5. The third-order valence-electron chi connectivity index (χ3n) is 2.28. The molecular formula is C11H15N5O2. The standard InChI is InChI=1S/C11H15N5O2/c1-3-4-16-6-8(5-15-16)18-11-9(17-2)10(12)13-7-14-11/h5-7H,3-4H2,1-2H3,(H2,12,13,14). The summed E-state index contributed by atoms with van der Waals surface area (Å²) in [4.78, 5) is 7.81. The van der Waals surface area contributed by atoms with Crippen molar-refractivity contribution >= 4 is 5.82 Å². The predicted octanol–water partition coefficient (Wildman–Crippen LogP) is 1.47. The number of methoxy groups -OCH3 is 1. The fraction of sp³-hybridized carbons (Fsp3) is 0.364. The van der Waals surface area contributed by atoms with Crippen molar-refractivity contribution in [3.05, 3.63) is 18.7 Å². The van der Waals surface area contributed by atoms with E-state index in [1.165, 1.54) is 13.4 Å². The molecule has 2 rings (SSSR count). The summed E-state index contributed by atoms with van der Waals surface area (Å²) in [7, 11) is 1.49. The van der Waals surface area contributed by atoms with E-state index >= 15 is 0 Å². The summed E-state index contributed by atoms with van der Waals surface area (Å²) in [6.45, 7) is 2.92. The van der Waals surface area contributed by atoms with E-state index in [9.17, 15) is 0 Å². The van der Waals surface area contributed by atoms with Crippen LogP contribution in [0.15, 0.2) is 18.7 Å². The second kappa shape index (κ2) is 5.35. The van der Waals surface area contributed by atoms with E-state index in [2.05, 4.69) is 22.0 Å². The zero-order valence-electron chi connectivity index (χ0n) is 10.3. The van der Waals surface area contributed by atoms with Crippen LogP contribution in [0, 0.1) is 0 Å². The van der Waals surface area contributed by atoms with Gasteiger partial charge in [-0.2, -0.15) is 10.1 Å². The van der Waals surface area contributed by atoms with Crippen LogP contribution >= 0.6 is 0 Å². The van der Waals surface area contributed by atoms with Crippen LogP contribution in [-0.4, -0.2) is 26.9 Å². The average molecular weight is 249 g/mol. The van der Waals surface area contributed by atoms with E-state index in [-0.39, 0.29) is 11.7 Å². The summed E-state index contributed by atoms with van der Waals surface area (Å²) < 4.78 is 12.5. The maximum Gasteiger partial charge on any atom is 0.268 e. The highest BCUT2D eigenvalue weighted by Gasteiger charge is 2.12. The SMILES string of the molecule is CCCn1cc(Oc2ncnc(N)c2OC)cn1. The van der Waals surface area contributed by atoms with Crippen molar-refractivity contribution in [1.82, 2.24) is 19.7 Å². The topological polar surface area (TPSA) is 88.1 Å². The average Bonchev–Trinajstić information content (AvgIpc) is 2.77. The van der Waals surface area contributed by atoms with E-state index < -0.39 is 0 Å². The molecule has 18 heavy (non-hydrogen) atoms. The van der Waals surface area contributed by atoms with Crippen LogP contribution in [0.2, 0.25) is 0 Å². The van der Waals surface area contributed by atoms with Crippen LogP contribution in [0.3, 0.4) is 0 Å². The van der Waals surface area contributed by atoms with Crippen molar-refractivity contribution in [2.75, 3.05) is 12.8 Å². The van der Waals surface area contributed by atoms with Crippen LogP contribution in [0.4, 0.5) is 5.82 Å². The zero-order valence-corrected chi connectivity index (χ0v) is 10.3. The molecule has 2 heterocycles. The van der Waals surface area contributed by atoms with Crippen LogP contribution in [0.1, 0.15) is 13.3 Å². The number of nitrogens with two attached hydrogens (primary N) is 1. The van der Waals surface area contributed by atoms with Gasteiger partial charge in [-0.15, -0.1) is 0 Å². The van der Waals surface area contributed by atoms with Gasteiger partial charge in [0.15, 0.2) is 11.6 Å². The molecule has 2 aromatic heterocycles. The van der Waals surface area contributed by atoms with Crippen molar-refractivity contribution in [2.45, 2.75) is 19.9 Å². The van der Waals surface area contributed by atoms with Gasteiger partial charge >= 0.3 is 0 Å². The molecule has 0 aliphatic rings. The third kappa shape index (κ3) is 2.50. The maximum absolute atomic E-state index is 5.66. The largest absolute Gasteiger partial charge is 0.489 e. The lowest BCUT2D eigenvalue weighted by molar-refractivity contribution is 0.369. The van der Waals surface area contributed by atoms with Crippen LogP contribution < -0.4 is 15.2 Å². The molecule has 0 aliphatic carbocycles. The number of hydrogen-bond acceptors (Lipinski definition) is 6.